The van der Waals surface area contributed by atoms with E-state index in [1.165, 1.54) is 12.0 Å². The predicted octanol–water partition coefficient (Wildman–Crippen LogP) is 6.87. The van der Waals surface area contributed by atoms with Crippen molar-refractivity contribution in [3.05, 3.63) is 101 Å². The average molecular weight is 529 g/mol. The monoisotopic (exact) mass is 528 g/mol. The summed E-state index contributed by atoms with van der Waals surface area (Å²) in [5, 5.41) is 3.32. The maximum Gasteiger partial charge on any atom is 0.243 e. The Hall–Kier alpha value is -3.05. The second-order valence-corrected chi connectivity index (χ2v) is 11.6. The Kier molecular flexibility index (Phi) is 10.5. The first-order valence-electron chi connectivity index (χ1n) is 13.9. The molecule has 0 radical (unpaired) electrons. The zero-order valence-corrected chi connectivity index (χ0v) is 23.5. The fourth-order valence-corrected chi connectivity index (χ4v) is 5.94. The van der Waals surface area contributed by atoms with Gasteiger partial charge in [-0.3, -0.25) is 9.59 Å². The summed E-state index contributed by atoms with van der Waals surface area (Å²) in [6.45, 7) is 4.57. The lowest BCUT2D eigenvalue weighted by Crippen LogP contribution is -2.53. The zero-order valence-electron chi connectivity index (χ0n) is 22.7. The molecule has 1 atom stereocenters. The van der Waals surface area contributed by atoms with Crippen LogP contribution in [0.15, 0.2) is 83.8 Å². The lowest BCUT2D eigenvalue weighted by molar-refractivity contribution is -0.141. The highest BCUT2D eigenvalue weighted by Gasteiger charge is 2.32. The van der Waals surface area contributed by atoms with Crippen molar-refractivity contribution in [3.63, 3.8) is 0 Å². The molecule has 5 heteroatoms. The normalized spacial score (nSPS) is 14.6. The molecule has 0 aromatic heterocycles. The van der Waals surface area contributed by atoms with E-state index in [4.69, 9.17) is 0 Å². The third kappa shape index (κ3) is 8.22. The number of nitrogens with one attached hydrogen (secondary N) is 1. The molecule has 0 unspecified atom stereocenters. The van der Waals surface area contributed by atoms with Gasteiger partial charge in [-0.05, 0) is 55.5 Å². The van der Waals surface area contributed by atoms with E-state index < -0.39 is 6.04 Å². The Morgan fingerprint density at radius 1 is 0.895 bits per heavy atom. The molecule has 2 amide bonds. The molecule has 4 nitrogen and oxygen atoms in total. The predicted molar refractivity (Wildman–Crippen MR) is 157 cm³/mol. The van der Waals surface area contributed by atoms with E-state index in [9.17, 15) is 9.59 Å². The zero-order chi connectivity index (χ0) is 26.7. The maximum atomic E-state index is 13.9. The SMILES string of the molecule is Cc1ccc(SCCC(=O)N(Cc2ccccc2C)[C@@H](Cc2ccccc2)C(=O)NC2CCCCC2)cc1. The minimum atomic E-state index is -0.559. The van der Waals surface area contributed by atoms with Crippen LogP contribution in [0.2, 0.25) is 0 Å². The highest BCUT2D eigenvalue weighted by Crippen LogP contribution is 2.23. The van der Waals surface area contributed by atoms with Crippen molar-refractivity contribution in [2.45, 2.75) is 82.3 Å². The van der Waals surface area contributed by atoms with Crippen LogP contribution in [0.1, 0.15) is 60.8 Å². The highest BCUT2D eigenvalue weighted by atomic mass is 32.2. The van der Waals surface area contributed by atoms with Crippen molar-refractivity contribution in [1.29, 1.82) is 0 Å². The summed E-state index contributed by atoms with van der Waals surface area (Å²) < 4.78 is 0. The summed E-state index contributed by atoms with van der Waals surface area (Å²) in [6, 6.07) is 26.3. The largest absolute Gasteiger partial charge is 0.352 e. The molecule has 0 spiro atoms. The molecule has 0 aliphatic heterocycles. The van der Waals surface area contributed by atoms with E-state index in [-0.39, 0.29) is 17.9 Å². The Morgan fingerprint density at radius 3 is 2.29 bits per heavy atom. The summed E-state index contributed by atoms with van der Waals surface area (Å²) in [5.74, 6) is 0.663. The summed E-state index contributed by atoms with van der Waals surface area (Å²) in [4.78, 5) is 30.7. The number of benzene rings is 3. The molecule has 200 valence electrons. The molecule has 1 aliphatic rings. The maximum absolute atomic E-state index is 13.9. The number of hydrogen-bond donors (Lipinski definition) is 1. The van der Waals surface area contributed by atoms with Crippen LogP contribution in [0.25, 0.3) is 0 Å². The number of hydrogen-bond acceptors (Lipinski definition) is 3. The first kappa shape index (κ1) is 28.0. The van der Waals surface area contributed by atoms with Crippen LogP contribution in [0.5, 0.6) is 0 Å². The molecule has 4 rings (SSSR count). The summed E-state index contributed by atoms with van der Waals surface area (Å²) >= 11 is 1.69. The van der Waals surface area contributed by atoms with Gasteiger partial charge in [0, 0.05) is 36.1 Å². The molecule has 0 bridgehead atoms. The lowest BCUT2D eigenvalue weighted by atomic mass is 9.94. The van der Waals surface area contributed by atoms with Crippen LogP contribution in [0.3, 0.4) is 0 Å². The van der Waals surface area contributed by atoms with Crippen molar-refractivity contribution in [2.75, 3.05) is 5.75 Å². The van der Waals surface area contributed by atoms with Gasteiger partial charge in [0.15, 0.2) is 0 Å². The van der Waals surface area contributed by atoms with E-state index in [1.807, 2.05) is 47.4 Å². The van der Waals surface area contributed by atoms with Gasteiger partial charge in [0.2, 0.25) is 11.8 Å². The van der Waals surface area contributed by atoms with Crippen LogP contribution < -0.4 is 5.32 Å². The number of carbonyl (C=O) groups is 2. The van der Waals surface area contributed by atoms with Gasteiger partial charge in [-0.15, -0.1) is 11.8 Å². The molecule has 38 heavy (non-hydrogen) atoms. The third-order valence-electron chi connectivity index (χ3n) is 7.43. The van der Waals surface area contributed by atoms with Crippen LogP contribution in [-0.2, 0) is 22.6 Å². The lowest BCUT2D eigenvalue weighted by Gasteiger charge is -2.34. The minimum Gasteiger partial charge on any atom is -0.352 e. The Bertz CT molecular complexity index is 1170. The number of amides is 2. The van der Waals surface area contributed by atoms with Gasteiger partial charge in [-0.25, -0.2) is 0 Å². The Balaban J connectivity index is 1.56. The van der Waals surface area contributed by atoms with Crippen molar-refractivity contribution >= 4 is 23.6 Å². The van der Waals surface area contributed by atoms with E-state index in [0.717, 1.165) is 47.3 Å². The van der Waals surface area contributed by atoms with Gasteiger partial charge in [-0.2, -0.15) is 0 Å². The molecular formula is C33H40N2O2S. The molecule has 3 aromatic rings. The average Bonchev–Trinajstić information content (AvgIpc) is 2.93. The second-order valence-electron chi connectivity index (χ2n) is 10.4. The van der Waals surface area contributed by atoms with Crippen molar-refractivity contribution in [2.24, 2.45) is 0 Å². The fraction of sp³-hybridized carbons (Fsp3) is 0.394. The van der Waals surface area contributed by atoms with Gasteiger partial charge < -0.3 is 10.2 Å². The summed E-state index contributed by atoms with van der Waals surface area (Å²) in [7, 11) is 0. The van der Waals surface area contributed by atoms with E-state index >= 15 is 0 Å². The molecule has 0 heterocycles. The quantitative estimate of drug-likeness (QED) is 0.276. The first-order chi connectivity index (χ1) is 18.5. The van der Waals surface area contributed by atoms with E-state index in [1.54, 1.807) is 11.8 Å². The van der Waals surface area contributed by atoms with Gasteiger partial charge in [0.05, 0.1) is 0 Å². The van der Waals surface area contributed by atoms with Crippen LogP contribution in [-0.4, -0.2) is 34.6 Å². The summed E-state index contributed by atoms with van der Waals surface area (Å²) in [6.07, 6.45) is 6.45. The second kappa shape index (κ2) is 14.2. The standard InChI is InChI=1S/C33H40N2O2S/c1-25-17-19-30(20-18-25)38-22-21-32(36)35(24-28-14-10-9-11-26(28)2)31(23-27-12-5-3-6-13-27)33(37)34-29-15-7-4-8-16-29/h3,5-6,9-14,17-20,29,31H,4,7-8,15-16,21-24H2,1-2H3,(H,34,37)/t31-/m0/s1. The van der Waals surface area contributed by atoms with Gasteiger partial charge in [-0.1, -0.05) is 91.6 Å². The molecule has 0 saturated heterocycles. The van der Waals surface area contributed by atoms with Crippen molar-refractivity contribution < 1.29 is 9.59 Å². The molecule has 1 saturated carbocycles. The minimum absolute atomic E-state index is 0.0209. The van der Waals surface area contributed by atoms with Gasteiger partial charge >= 0.3 is 0 Å². The van der Waals surface area contributed by atoms with Crippen molar-refractivity contribution in [1.82, 2.24) is 10.2 Å². The van der Waals surface area contributed by atoms with Crippen LogP contribution in [0, 0.1) is 13.8 Å². The number of aryl methyl sites for hydroxylation is 2. The molecule has 1 aliphatic carbocycles. The molecular weight excluding hydrogens is 488 g/mol. The van der Waals surface area contributed by atoms with E-state index in [0.29, 0.717) is 25.1 Å². The summed E-state index contributed by atoms with van der Waals surface area (Å²) in [5.41, 5.74) is 4.50. The van der Waals surface area contributed by atoms with Crippen molar-refractivity contribution in [3.8, 4) is 0 Å². The van der Waals surface area contributed by atoms with E-state index in [2.05, 4.69) is 55.6 Å². The smallest absolute Gasteiger partial charge is 0.243 e. The number of thioether (sulfide) groups is 1. The number of carbonyl (C=O) groups excluding carboxylic acids is 2. The highest BCUT2D eigenvalue weighted by molar-refractivity contribution is 7.99. The van der Waals surface area contributed by atoms with Crippen LogP contribution >= 0.6 is 11.8 Å². The molecule has 3 aromatic carbocycles. The number of rotatable bonds is 11. The Morgan fingerprint density at radius 2 is 1.58 bits per heavy atom. The van der Waals surface area contributed by atoms with Gasteiger partial charge in [0.25, 0.3) is 0 Å². The number of nitrogens with zero attached hydrogens (tertiary/aromatic N) is 1. The van der Waals surface area contributed by atoms with Crippen LogP contribution in [0.4, 0.5) is 0 Å². The Labute approximate surface area is 232 Å². The van der Waals surface area contributed by atoms with Gasteiger partial charge in [0.1, 0.15) is 6.04 Å². The molecule has 1 N–H and O–H groups in total. The fourth-order valence-electron chi connectivity index (χ4n) is 5.10. The topological polar surface area (TPSA) is 49.4 Å². The third-order valence-corrected chi connectivity index (χ3v) is 8.44. The first-order valence-corrected chi connectivity index (χ1v) is 14.9. The molecule has 1 fully saturated rings.